The number of hydrogen-bond acceptors (Lipinski definition) is 3. The van der Waals surface area contributed by atoms with Crippen molar-refractivity contribution >= 4 is 5.97 Å². The SMILES string of the molecule is CC(COCc1ccccc1)C(=O)[O-]. The fraction of sp³-hybridized carbons (Fsp3) is 0.364. The van der Waals surface area contributed by atoms with Crippen LogP contribution in [-0.2, 0) is 16.1 Å². The number of carbonyl (C=O) groups is 1. The summed E-state index contributed by atoms with van der Waals surface area (Å²) in [5, 5.41) is 10.4. The molecular weight excluding hydrogens is 180 g/mol. The fourth-order valence-electron chi connectivity index (χ4n) is 0.996. The van der Waals surface area contributed by atoms with Crippen LogP contribution < -0.4 is 5.11 Å². The third kappa shape index (κ3) is 3.58. The Morgan fingerprint density at radius 1 is 1.43 bits per heavy atom. The third-order valence-corrected chi connectivity index (χ3v) is 1.88. The van der Waals surface area contributed by atoms with E-state index in [1.54, 1.807) is 6.92 Å². The molecule has 14 heavy (non-hydrogen) atoms. The number of carbonyl (C=O) groups excluding carboxylic acids is 1. The minimum atomic E-state index is -1.07. The van der Waals surface area contributed by atoms with Crippen LogP contribution >= 0.6 is 0 Å². The van der Waals surface area contributed by atoms with E-state index in [2.05, 4.69) is 0 Å². The molecule has 0 saturated carbocycles. The van der Waals surface area contributed by atoms with Crippen molar-refractivity contribution in [1.29, 1.82) is 0 Å². The molecule has 0 bridgehead atoms. The first-order chi connectivity index (χ1) is 6.70. The number of rotatable bonds is 5. The van der Waals surface area contributed by atoms with E-state index in [0.29, 0.717) is 6.61 Å². The standard InChI is InChI=1S/C11H14O3/c1-9(11(12)13)7-14-8-10-5-3-2-4-6-10/h2-6,9H,7-8H2,1H3,(H,12,13)/p-1. The first kappa shape index (κ1) is 10.7. The molecule has 0 heterocycles. The molecule has 1 aromatic rings. The lowest BCUT2D eigenvalue weighted by Crippen LogP contribution is -2.32. The Balaban J connectivity index is 2.26. The summed E-state index contributed by atoms with van der Waals surface area (Å²) in [7, 11) is 0. The summed E-state index contributed by atoms with van der Waals surface area (Å²) in [6, 6.07) is 9.63. The molecule has 0 aromatic heterocycles. The Hall–Kier alpha value is -1.35. The van der Waals surface area contributed by atoms with E-state index in [4.69, 9.17) is 4.74 Å². The van der Waals surface area contributed by atoms with E-state index >= 15 is 0 Å². The van der Waals surface area contributed by atoms with E-state index < -0.39 is 11.9 Å². The predicted molar refractivity (Wildman–Crippen MR) is 50.3 cm³/mol. The maximum absolute atomic E-state index is 10.4. The molecule has 0 saturated heterocycles. The summed E-state index contributed by atoms with van der Waals surface area (Å²) >= 11 is 0. The lowest BCUT2D eigenvalue weighted by molar-refractivity contribution is -0.312. The molecule has 0 aliphatic rings. The van der Waals surface area contributed by atoms with Crippen molar-refractivity contribution in [2.75, 3.05) is 6.61 Å². The topological polar surface area (TPSA) is 49.4 Å². The van der Waals surface area contributed by atoms with Gasteiger partial charge in [-0.2, -0.15) is 0 Å². The Morgan fingerprint density at radius 2 is 2.07 bits per heavy atom. The van der Waals surface area contributed by atoms with Crippen LogP contribution in [0.1, 0.15) is 12.5 Å². The summed E-state index contributed by atoms with van der Waals surface area (Å²) in [5.74, 6) is -1.63. The molecule has 0 radical (unpaired) electrons. The van der Waals surface area contributed by atoms with Gasteiger partial charge in [0.05, 0.1) is 13.2 Å². The zero-order valence-electron chi connectivity index (χ0n) is 8.10. The van der Waals surface area contributed by atoms with E-state index in [1.165, 1.54) is 0 Å². The first-order valence-electron chi connectivity index (χ1n) is 4.52. The van der Waals surface area contributed by atoms with Gasteiger partial charge in [0, 0.05) is 11.9 Å². The number of aliphatic carboxylic acids is 1. The van der Waals surface area contributed by atoms with Gasteiger partial charge in [-0.1, -0.05) is 37.3 Å². The minimum absolute atomic E-state index is 0.192. The van der Waals surface area contributed by atoms with Gasteiger partial charge in [0.2, 0.25) is 0 Å². The Kier molecular flexibility index (Phi) is 4.13. The Morgan fingerprint density at radius 3 is 2.64 bits per heavy atom. The molecule has 1 atom stereocenters. The van der Waals surface area contributed by atoms with Crippen LogP contribution in [0.2, 0.25) is 0 Å². The highest BCUT2D eigenvalue weighted by Gasteiger charge is 2.02. The van der Waals surface area contributed by atoms with Gasteiger partial charge in [0.15, 0.2) is 0 Å². The highest BCUT2D eigenvalue weighted by Crippen LogP contribution is 2.02. The molecule has 0 N–H and O–H groups in total. The second kappa shape index (κ2) is 5.40. The van der Waals surface area contributed by atoms with Crippen molar-refractivity contribution in [2.45, 2.75) is 13.5 Å². The number of carboxylic acids is 1. The van der Waals surface area contributed by atoms with Crippen LogP contribution in [0.5, 0.6) is 0 Å². The van der Waals surface area contributed by atoms with Gasteiger partial charge in [-0.25, -0.2) is 0 Å². The van der Waals surface area contributed by atoms with Crippen molar-refractivity contribution in [1.82, 2.24) is 0 Å². The molecule has 0 amide bonds. The van der Waals surface area contributed by atoms with E-state index in [-0.39, 0.29) is 6.61 Å². The van der Waals surface area contributed by atoms with E-state index in [9.17, 15) is 9.90 Å². The summed E-state index contributed by atoms with van der Waals surface area (Å²) < 4.78 is 5.22. The van der Waals surface area contributed by atoms with Gasteiger partial charge >= 0.3 is 0 Å². The molecule has 3 heteroatoms. The molecule has 1 rings (SSSR count). The maximum atomic E-state index is 10.4. The second-order valence-corrected chi connectivity index (χ2v) is 3.22. The molecule has 0 fully saturated rings. The van der Waals surface area contributed by atoms with Crippen molar-refractivity contribution < 1.29 is 14.6 Å². The van der Waals surface area contributed by atoms with Crippen LogP contribution in [0.15, 0.2) is 30.3 Å². The molecule has 0 spiro atoms. The molecular formula is C11H13O3-. The van der Waals surface area contributed by atoms with Crippen LogP contribution in [0, 0.1) is 5.92 Å². The second-order valence-electron chi connectivity index (χ2n) is 3.22. The van der Waals surface area contributed by atoms with Gasteiger partial charge < -0.3 is 14.6 Å². The van der Waals surface area contributed by atoms with Gasteiger partial charge in [0.25, 0.3) is 0 Å². The van der Waals surface area contributed by atoms with Gasteiger partial charge in [-0.3, -0.25) is 0 Å². The highest BCUT2D eigenvalue weighted by atomic mass is 16.5. The largest absolute Gasteiger partial charge is 0.550 e. The van der Waals surface area contributed by atoms with Crippen LogP contribution in [-0.4, -0.2) is 12.6 Å². The number of ether oxygens (including phenoxy) is 1. The summed E-state index contributed by atoms with van der Waals surface area (Å²) in [6.07, 6.45) is 0. The van der Waals surface area contributed by atoms with Gasteiger partial charge in [-0.15, -0.1) is 0 Å². The zero-order chi connectivity index (χ0) is 10.4. The van der Waals surface area contributed by atoms with Gasteiger partial charge in [-0.05, 0) is 5.56 Å². The monoisotopic (exact) mass is 193 g/mol. The van der Waals surface area contributed by atoms with Crippen molar-refractivity contribution in [3.05, 3.63) is 35.9 Å². The quantitative estimate of drug-likeness (QED) is 0.687. The number of carboxylic acid groups (broad SMARTS) is 1. The van der Waals surface area contributed by atoms with E-state index in [0.717, 1.165) is 5.56 Å². The molecule has 0 aliphatic carbocycles. The highest BCUT2D eigenvalue weighted by molar-refractivity contribution is 5.67. The first-order valence-corrected chi connectivity index (χ1v) is 4.52. The summed E-state index contributed by atoms with van der Waals surface area (Å²) in [6.45, 7) is 2.20. The average Bonchev–Trinajstić information content (AvgIpc) is 2.19. The van der Waals surface area contributed by atoms with Crippen molar-refractivity contribution in [3.63, 3.8) is 0 Å². The van der Waals surface area contributed by atoms with E-state index in [1.807, 2.05) is 30.3 Å². The van der Waals surface area contributed by atoms with Crippen LogP contribution in [0.4, 0.5) is 0 Å². The molecule has 3 nitrogen and oxygen atoms in total. The molecule has 76 valence electrons. The zero-order valence-corrected chi connectivity index (χ0v) is 8.10. The van der Waals surface area contributed by atoms with Crippen LogP contribution in [0.3, 0.4) is 0 Å². The maximum Gasteiger partial charge on any atom is 0.0717 e. The minimum Gasteiger partial charge on any atom is -0.550 e. The third-order valence-electron chi connectivity index (χ3n) is 1.88. The fourth-order valence-corrected chi connectivity index (χ4v) is 0.996. The normalized spacial score (nSPS) is 12.4. The summed E-state index contributed by atoms with van der Waals surface area (Å²) in [4.78, 5) is 10.4. The average molecular weight is 193 g/mol. The smallest absolute Gasteiger partial charge is 0.0717 e. The lowest BCUT2D eigenvalue weighted by atomic mass is 10.2. The Labute approximate surface area is 83.3 Å². The van der Waals surface area contributed by atoms with Crippen molar-refractivity contribution in [2.24, 2.45) is 5.92 Å². The summed E-state index contributed by atoms with van der Waals surface area (Å²) in [5.41, 5.74) is 1.04. The molecule has 1 aromatic carbocycles. The van der Waals surface area contributed by atoms with Crippen LogP contribution in [0.25, 0.3) is 0 Å². The predicted octanol–water partition coefficient (Wildman–Crippen LogP) is 0.589. The molecule has 0 aliphatic heterocycles. The number of hydrogen-bond donors (Lipinski definition) is 0. The van der Waals surface area contributed by atoms with Gasteiger partial charge in [0.1, 0.15) is 0 Å². The molecule has 1 unspecified atom stereocenters. The Bertz CT molecular complexity index is 282. The van der Waals surface area contributed by atoms with Crippen molar-refractivity contribution in [3.8, 4) is 0 Å². The number of benzene rings is 1. The lowest BCUT2D eigenvalue weighted by Gasteiger charge is -2.12.